The predicted molar refractivity (Wildman–Crippen MR) is 60.5 cm³/mol. The first-order valence-electron chi connectivity index (χ1n) is 1.93. The number of hydrogen-bond donors (Lipinski definition) is 0. The topological polar surface area (TPSA) is 0 Å². The first kappa shape index (κ1) is 9.24. The quantitative estimate of drug-likeness (QED) is 0.493. The molecule has 0 saturated carbocycles. The first-order chi connectivity index (χ1) is 2.94. The lowest BCUT2D eigenvalue weighted by molar-refractivity contribution is 1.12. The number of rotatable bonds is 1. The van der Waals surface area contributed by atoms with E-state index in [1.807, 2.05) is 0 Å². The standard InChI is InChI=1S/C3H9I2PS/c1-3(2)7(4,5)6/h3H,6H2,1-2H3. The van der Waals surface area contributed by atoms with E-state index >= 15 is 0 Å². The van der Waals surface area contributed by atoms with Crippen molar-refractivity contribution in [2.75, 3.05) is 0 Å². The summed E-state index contributed by atoms with van der Waals surface area (Å²) in [6.45, 7) is 4.50. The summed E-state index contributed by atoms with van der Waals surface area (Å²) in [6, 6.07) is 0. The van der Waals surface area contributed by atoms with Crippen molar-refractivity contribution in [1.29, 1.82) is 0 Å². The molecule has 0 radical (unpaired) electrons. The van der Waals surface area contributed by atoms with Gasteiger partial charge in [-0.3, -0.25) is 0 Å². The average molecular weight is 362 g/mol. The summed E-state index contributed by atoms with van der Waals surface area (Å²) in [5.41, 5.74) is 0. The van der Waals surface area contributed by atoms with Crippen molar-refractivity contribution in [3.8, 4) is 0 Å². The Morgan fingerprint density at radius 3 is 1.57 bits per heavy atom. The van der Waals surface area contributed by atoms with Crippen LogP contribution in [0.1, 0.15) is 13.8 Å². The average Bonchev–Trinajstić information content (AvgIpc) is 1.31. The van der Waals surface area contributed by atoms with Gasteiger partial charge in [-0.05, 0) is 42.4 Å². The highest BCUT2D eigenvalue weighted by Gasteiger charge is 2.12. The lowest BCUT2D eigenvalue weighted by Gasteiger charge is -2.23. The molecule has 0 heterocycles. The lowest BCUT2D eigenvalue weighted by Crippen LogP contribution is -1.88. The van der Waals surface area contributed by atoms with Crippen molar-refractivity contribution in [2.24, 2.45) is 0 Å². The molecule has 0 spiro atoms. The molecule has 0 aliphatic carbocycles. The summed E-state index contributed by atoms with van der Waals surface area (Å²) in [5, 5.41) is 0.818. The van der Waals surface area contributed by atoms with Crippen molar-refractivity contribution in [3.05, 3.63) is 0 Å². The minimum absolute atomic E-state index is 0.384. The summed E-state index contributed by atoms with van der Waals surface area (Å²) in [7, 11) is 2.89. The van der Waals surface area contributed by atoms with Crippen LogP contribution in [0.3, 0.4) is 0 Å². The Hall–Kier alpha value is 2.24. The van der Waals surface area contributed by atoms with E-state index in [1.165, 1.54) is 0 Å². The molecule has 1 atom stereocenters. The minimum atomic E-state index is -0.384. The van der Waals surface area contributed by atoms with Crippen LogP contribution in [0.2, 0.25) is 0 Å². The van der Waals surface area contributed by atoms with Gasteiger partial charge in [-0.1, -0.05) is 22.3 Å². The number of hydrogen-bond acceptors (Lipinski definition) is 0. The molecule has 4 heteroatoms. The second-order valence-electron chi connectivity index (χ2n) is 1.60. The summed E-state index contributed by atoms with van der Waals surface area (Å²) < 4.78 is -0.384. The summed E-state index contributed by atoms with van der Waals surface area (Å²) in [5.74, 6) is 0. The van der Waals surface area contributed by atoms with Crippen molar-refractivity contribution in [2.45, 2.75) is 19.1 Å². The van der Waals surface area contributed by atoms with Gasteiger partial charge in [-0.2, -0.15) is 0 Å². The molecule has 46 valence electrons. The molecule has 0 N–H and O–H groups in total. The van der Waals surface area contributed by atoms with Gasteiger partial charge in [0.2, 0.25) is 0 Å². The maximum Gasteiger partial charge on any atom is 0.00311 e. The van der Waals surface area contributed by atoms with Gasteiger partial charge in [0.05, 0.1) is 0 Å². The van der Waals surface area contributed by atoms with Crippen molar-refractivity contribution in [1.82, 2.24) is 0 Å². The van der Waals surface area contributed by atoms with Crippen molar-refractivity contribution < 1.29 is 0 Å². The van der Waals surface area contributed by atoms with Gasteiger partial charge in [0, 0.05) is 5.25 Å². The third-order valence-electron chi connectivity index (χ3n) is 0.629. The molecule has 0 aromatic rings. The molecule has 1 unspecified atom stereocenters. The van der Waals surface area contributed by atoms with Crippen LogP contribution in [0, 0.1) is 0 Å². The molecule has 0 aliphatic rings. The highest BCUT2D eigenvalue weighted by Crippen LogP contribution is 2.73. The fourth-order valence-corrected chi connectivity index (χ4v) is 0. The van der Waals surface area contributed by atoms with Gasteiger partial charge in [0.1, 0.15) is 0 Å². The highest BCUT2D eigenvalue weighted by atomic mass is 127. The summed E-state index contributed by atoms with van der Waals surface area (Å²) >= 11 is 5.00. The van der Waals surface area contributed by atoms with E-state index < -0.39 is 0 Å². The lowest BCUT2D eigenvalue weighted by atomic mass is 10.6. The molecule has 0 aliphatic heterocycles. The third kappa shape index (κ3) is 4.73. The zero-order valence-corrected chi connectivity index (χ0v) is 10.6. The molecule has 7 heavy (non-hydrogen) atoms. The van der Waals surface area contributed by atoms with E-state index in [4.69, 9.17) is 0 Å². The van der Waals surface area contributed by atoms with E-state index in [1.54, 1.807) is 0 Å². The van der Waals surface area contributed by atoms with Crippen LogP contribution < -0.4 is 0 Å². The Kier molecular flexibility index (Phi) is 4.51. The molecule has 0 amide bonds. The fraction of sp³-hybridized carbons (Fsp3) is 1.00. The SMILES string of the molecule is CC(C)S(P)(I)I. The molecular formula is C3H9I2PS. The summed E-state index contributed by atoms with van der Waals surface area (Å²) in [4.78, 5) is 0. The zero-order valence-electron chi connectivity index (χ0n) is 4.32. The maximum atomic E-state index is 2.89. The monoisotopic (exact) mass is 362 g/mol. The minimum Gasteiger partial charge on any atom is -0.116 e. The maximum absolute atomic E-state index is 2.89. The Labute approximate surface area is 73.0 Å². The Bertz CT molecular complexity index is 58.4. The van der Waals surface area contributed by atoms with E-state index in [0.29, 0.717) is 0 Å². The molecule has 0 fully saturated rings. The van der Waals surface area contributed by atoms with Crippen LogP contribution in [-0.2, 0) is 0 Å². The second-order valence-corrected chi connectivity index (χ2v) is 25.4. The van der Waals surface area contributed by atoms with E-state index in [-0.39, 0.29) is 3.99 Å². The predicted octanol–water partition coefficient (Wildman–Crippen LogP) is 3.69. The molecule has 0 aromatic carbocycles. The Balaban J connectivity index is 3.54. The largest absolute Gasteiger partial charge is 0.116 e. The second kappa shape index (κ2) is 3.42. The normalized spacial score (nSPS) is 15.1. The van der Waals surface area contributed by atoms with Crippen molar-refractivity contribution in [3.63, 3.8) is 0 Å². The van der Waals surface area contributed by atoms with Gasteiger partial charge < -0.3 is 0 Å². The van der Waals surface area contributed by atoms with Crippen LogP contribution in [0.15, 0.2) is 0 Å². The van der Waals surface area contributed by atoms with E-state index in [0.717, 1.165) is 5.25 Å². The van der Waals surface area contributed by atoms with Crippen LogP contribution >= 0.6 is 54.8 Å². The molecule has 0 aromatic heterocycles. The van der Waals surface area contributed by atoms with E-state index in [9.17, 15) is 0 Å². The molecular weight excluding hydrogens is 353 g/mol. The van der Waals surface area contributed by atoms with Gasteiger partial charge in [0.15, 0.2) is 0 Å². The Morgan fingerprint density at radius 2 is 1.57 bits per heavy atom. The zero-order chi connectivity index (χ0) is 6.08. The molecule has 0 bridgehead atoms. The van der Waals surface area contributed by atoms with Gasteiger partial charge in [-0.15, -0.1) is 3.99 Å². The van der Waals surface area contributed by atoms with Crippen LogP contribution in [0.25, 0.3) is 0 Å². The smallest absolute Gasteiger partial charge is 0.00311 e. The van der Waals surface area contributed by atoms with Crippen LogP contribution in [0.5, 0.6) is 0 Å². The van der Waals surface area contributed by atoms with E-state index in [2.05, 4.69) is 64.7 Å². The van der Waals surface area contributed by atoms with Gasteiger partial charge in [-0.25, -0.2) is 0 Å². The van der Waals surface area contributed by atoms with Gasteiger partial charge in [0.25, 0.3) is 0 Å². The van der Waals surface area contributed by atoms with Crippen molar-refractivity contribution >= 4 is 54.8 Å². The first-order valence-corrected chi connectivity index (χ1v) is 10.2. The fourth-order valence-electron chi connectivity index (χ4n) is 0. The number of halogens is 2. The Morgan fingerprint density at radius 1 is 1.43 bits per heavy atom. The molecule has 0 saturated heterocycles. The highest BCUT2D eigenvalue weighted by molar-refractivity contribution is 14.3. The molecule has 0 rings (SSSR count). The van der Waals surface area contributed by atoms with Crippen LogP contribution in [-0.4, -0.2) is 5.25 Å². The molecule has 0 nitrogen and oxygen atoms in total. The summed E-state index contributed by atoms with van der Waals surface area (Å²) in [6.07, 6.45) is 0. The van der Waals surface area contributed by atoms with Gasteiger partial charge >= 0.3 is 0 Å². The third-order valence-corrected chi connectivity index (χ3v) is 9.62. The van der Waals surface area contributed by atoms with Crippen LogP contribution in [0.4, 0.5) is 0 Å².